The highest BCUT2D eigenvalue weighted by Gasteiger charge is 2.09. The molecule has 158 valence electrons. The summed E-state index contributed by atoms with van der Waals surface area (Å²) in [4.78, 5) is 24.5. The molecule has 0 unspecified atom stereocenters. The predicted molar refractivity (Wildman–Crippen MR) is 127 cm³/mol. The highest BCUT2D eigenvalue weighted by molar-refractivity contribution is 6.02. The van der Waals surface area contributed by atoms with E-state index >= 15 is 0 Å². The van der Waals surface area contributed by atoms with Gasteiger partial charge in [-0.25, -0.2) is 9.59 Å². The standard InChI is InChI=1S/C26H21N3O3/c30-25(19-9-3-1-4-10-19)32-22-17-15-21(16-18-22)27-23-13-7-8-14-24(23)29-26(31)28-20-11-5-2-6-12-20/h1-18,27H,(H2,28,29,31). The van der Waals surface area contributed by atoms with E-state index in [0.717, 1.165) is 11.4 Å². The molecule has 6 nitrogen and oxygen atoms in total. The molecule has 4 aromatic carbocycles. The van der Waals surface area contributed by atoms with Crippen molar-refractivity contribution >= 4 is 34.7 Å². The van der Waals surface area contributed by atoms with Gasteiger partial charge in [-0.15, -0.1) is 0 Å². The first kappa shape index (κ1) is 20.7. The van der Waals surface area contributed by atoms with Crippen LogP contribution in [0.25, 0.3) is 0 Å². The molecule has 0 aliphatic heterocycles. The fourth-order valence-corrected chi connectivity index (χ4v) is 3.01. The molecule has 2 amide bonds. The minimum Gasteiger partial charge on any atom is -0.423 e. The summed E-state index contributed by atoms with van der Waals surface area (Å²) in [6.07, 6.45) is 0. The smallest absolute Gasteiger partial charge is 0.343 e. The molecule has 0 saturated carbocycles. The lowest BCUT2D eigenvalue weighted by molar-refractivity contribution is 0.0734. The Labute approximate surface area is 185 Å². The van der Waals surface area contributed by atoms with Crippen LogP contribution < -0.4 is 20.7 Å². The first-order valence-corrected chi connectivity index (χ1v) is 10.0. The second-order valence-corrected chi connectivity index (χ2v) is 6.90. The van der Waals surface area contributed by atoms with Crippen molar-refractivity contribution in [2.45, 2.75) is 0 Å². The van der Waals surface area contributed by atoms with Crippen LogP contribution in [0.1, 0.15) is 10.4 Å². The number of carbonyl (C=O) groups is 2. The monoisotopic (exact) mass is 423 g/mol. The Hall–Kier alpha value is -4.58. The SMILES string of the molecule is O=C(Nc1ccccc1)Nc1ccccc1Nc1ccc(OC(=O)c2ccccc2)cc1. The van der Waals surface area contributed by atoms with E-state index in [0.29, 0.717) is 22.7 Å². The molecule has 0 aliphatic carbocycles. The Morgan fingerprint density at radius 1 is 0.562 bits per heavy atom. The van der Waals surface area contributed by atoms with Crippen LogP contribution in [0.15, 0.2) is 109 Å². The summed E-state index contributed by atoms with van der Waals surface area (Å²) in [7, 11) is 0. The Kier molecular flexibility index (Phi) is 6.43. The normalized spacial score (nSPS) is 10.1. The lowest BCUT2D eigenvalue weighted by Crippen LogP contribution is -2.19. The van der Waals surface area contributed by atoms with Gasteiger partial charge in [-0.2, -0.15) is 0 Å². The summed E-state index contributed by atoms with van der Waals surface area (Å²) >= 11 is 0. The number of anilines is 4. The zero-order chi connectivity index (χ0) is 22.2. The average molecular weight is 423 g/mol. The number of hydrogen-bond acceptors (Lipinski definition) is 4. The molecule has 4 rings (SSSR count). The molecule has 0 saturated heterocycles. The topological polar surface area (TPSA) is 79.5 Å². The van der Waals surface area contributed by atoms with Crippen LogP contribution in [-0.4, -0.2) is 12.0 Å². The summed E-state index contributed by atoms with van der Waals surface area (Å²) in [6.45, 7) is 0. The quantitative estimate of drug-likeness (QED) is 0.251. The van der Waals surface area contributed by atoms with Crippen LogP contribution in [0.2, 0.25) is 0 Å². The maximum absolute atomic E-state index is 12.4. The molecule has 6 heteroatoms. The Balaban J connectivity index is 1.40. The first-order valence-electron chi connectivity index (χ1n) is 10.0. The van der Waals surface area contributed by atoms with E-state index in [1.807, 2.05) is 60.7 Å². The summed E-state index contributed by atoms with van der Waals surface area (Å²) in [5, 5.41) is 8.92. The lowest BCUT2D eigenvalue weighted by Gasteiger charge is -2.14. The van der Waals surface area contributed by atoms with E-state index in [-0.39, 0.29) is 6.03 Å². The van der Waals surface area contributed by atoms with E-state index in [1.54, 1.807) is 48.5 Å². The van der Waals surface area contributed by atoms with Gasteiger partial charge in [0.05, 0.1) is 16.9 Å². The molecule has 3 N–H and O–H groups in total. The highest BCUT2D eigenvalue weighted by Crippen LogP contribution is 2.27. The number of hydrogen-bond donors (Lipinski definition) is 3. The number of carbonyl (C=O) groups excluding carboxylic acids is 2. The van der Waals surface area contributed by atoms with Crippen molar-refractivity contribution in [3.05, 3.63) is 115 Å². The number of urea groups is 1. The van der Waals surface area contributed by atoms with Gasteiger partial charge >= 0.3 is 12.0 Å². The van der Waals surface area contributed by atoms with Crippen LogP contribution in [0.3, 0.4) is 0 Å². The number of benzene rings is 4. The molecular weight excluding hydrogens is 402 g/mol. The Morgan fingerprint density at radius 3 is 1.84 bits per heavy atom. The molecule has 4 aromatic rings. The largest absolute Gasteiger partial charge is 0.423 e. The second kappa shape index (κ2) is 9.95. The third-order valence-electron chi connectivity index (χ3n) is 4.56. The van der Waals surface area contributed by atoms with Crippen molar-refractivity contribution in [2.75, 3.05) is 16.0 Å². The van der Waals surface area contributed by atoms with Gasteiger partial charge in [0.25, 0.3) is 0 Å². The van der Waals surface area contributed by atoms with Crippen molar-refractivity contribution in [1.82, 2.24) is 0 Å². The summed E-state index contributed by atoms with van der Waals surface area (Å²) < 4.78 is 5.41. The van der Waals surface area contributed by atoms with E-state index in [9.17, 15) is 9.59 Å². The third kappa shape index (κ3) is 5.52. The zero-order valence-electron chi connectivity index (χ0n) is 17.1. The molecule has 0 fully saturated rings. The van der Waals surface area contributed by atoms with Crippen LogP contribution in [0, 0.1) is 0 Å². The first-order chi connectivity index (χ1) is 15.7. The van der Waals surface area contributed by atoms with Crippen LogP contribution >= 0.6 is 0 Å². The van der Waals surface area contributed by atoms with Gasteiger partial charge in [-0.05, 0) is 60.7 Å². The van der Waals surface area contributed by atoms with Crippen molar-refractivity contribution in [2.24, 2.45) is 0 Å². The molecule has 0 heterocycles. The van der Waals surface area contributed by atoms with Crippen molar-refractivity contribution in [3.8, 4) is 5.75 Å². The number of esters is 1. The van der Waals surface area contributed by atoms with Gasteiger partial charge in [0, 0.05) is 11.4 Å². The fraction of sp³-hybridized carbons (Fsp3) is 0. The fourth-order valence-electron chi connectivity index (χ4n) is 3.01. The number of rotatable bonds is 6. The third-order valence-corrected chi connectivity index (χ3v) is 4.56. The van der Waals surface area contributed by atoms with Crippen molar-refractivity contribution in [3.63, 3.8) is 0 Å². The van der Waals surface area contributed by atoms with E-state index < -0.39 is 5.97 Å². The van der Waals surface area contributed by atoms with E-state index in [2.05, 4.69) is 16.0 Å². The van der Waals surface area contributed by atoms with Gasteiger partial charge in [-0.1, -0.05) is 48.5 Å². The van der Waals surface area contributed by atoms with Crippen molar-refractivity contribution in [1.29, 1.82) is 0 Å². The lowest BCUT2D eigenvalue weighted by atomic mass is 10.2. The minimum absolute atomic E-state index is 0.339. The Bertz CT molecular complexity index is 1190. The van der Waals surface area contributed by atoms with Crippen LogP contribution in [0.4, 0.5) is 27.5 Å². The van der Waals surface area contributed by atoms with Gasteiger partial charge in [0.1, 0.15) is 5.75 Å². The molecular formula is C26H21N3O3. The molecule has 0 aliphatic rings. The Morgan fingerprint density at radius 2 is 1.16 bits per heavy atom. The maximum atomic E-state index is 12.4. The number of nitrogens with one attached hydrogen (secondary N) is 3. The van der Waals surface area contributed by atoms with Gasteiger partial charge in [0.15, 0.2) is 0 Å². The van der Waals surface area contributed by atoms with E-state index in [4.69, 9.17) is 4.74 Å². The summed E-state index contributed by atoms with van der Waals surface area (Å²) in [5.41, 5.74) is 3.33. The molecule has 0 radical (unpaired) electrons. The predicted octanol–water partition coefficient (Wildman–Crippen LogP) is 6.29. The number of para-hydroxylation sites is 3. The maximum Gasteiger partial charge on any atom is 0.343 e. The van der Waals surface area contributed by atoms with Gasteiger partial charge in [0.2, 0.25) is 0 Å². The molecule has 0 aromatic heterocycles. The average Bonchev–Trinajstić information content (AvgIpc) is 2.83. The number of amides is 2. The molecule has 0 spiro atoms. The summed E-state index contributed by atoms with van der Waals surface area (Å²) in [5.74, 6) is 0.0309. The van der Waals surface area contributed by atoms with Gasteiger partial charge < -0.3 is 20.7 Å². The van der Waals surface area contributed by atoms with Crippen molar-refractivity contribution < 1.29 is 14.3 Å². The molecule has 32 heavy (non-hydrogen) atoms. The second-order valence-electron chi connectivity index (χ2n) is 6.90. The van der Waals surface area contributed by atoms with E-state index in [1.165, 1.54) is 0 Å². The van der Waals surface area contributed by atoms with Crippen LogP contribution in [-0.2, 0) is 0 Å². The molecule has 0 bridgehead atoms. The van der Waals surface area contributed by atoms with Gasteiger partial charge in [-0.3, -0.25) is 0 Å². The highest BCUT2D eigenvalue weighted by atomic mass is 16.5. The minimum atomic E-state index is -0.412. The zero-order valence-corrected chi connectivity index (χ0v) is 17.1. The molecule has 0 atom stereocenters. The number of ether oxygens (including phenoxy) is 1. The van der Waals surface area contributed by atoms with Crippen LogP contribution in [0.5, 0.6) is 5.75 Å². The summed E-state index contributed by atoms with van der Waals surface area (Å²) in [6, 6.07) is 32.1.